The fourth-order valence-electron chi connectivity index (χ4n) is 3.76. The number of nitrogens with one attached hydrogen (secondary N) is 1. The minimum absolute atomic E-state index is 0.0567. The first-order valence-corrected chi connectivity index (χ1v) is 9.54. The number of carbonyl (C=O) groups is 2. The van der Waals surface area contributed by atoms with Gasteiger partial charge in [-0.1, -0.05) is 0 Å². The van der Waals surface area contributed by atoms with E-state index < -0.39 is 5.97 Å². The Balaban J connectivity index is 1.42. The maximum Gasteiger partial charge on any atom is 0.325 e. The summed E-state index contributed by atoms with van der Waals surface area (Å²) in [6, 6.07) is 3.69. The van der Waals surface area contributed by atoms with Gasteiger partial charge < -0.3 is 25.4 Å². The van der Waals surface area contributed by atoms with Gasteiger partial charge >= 0.3 is 11.9 Å². The van der Waals surface area contributed by atoms with Crippen molar-refractivity contribution >= 4 is 29.5 Å². The Kier molecular flexibility index (Phi) is 5.19. The highest BCUT2D eigenvalue weighted by Crippen LogP contribution is 2.30. The summed E-state index contributed by atoms with van der Waals surface area (Å²) < 4.78 is 4.98. The number of ether oxygens (including phenoxy) is 1. The zero-order valence-electron chi connectivity index (χ0n) is 15.9. The van der Waals surface area contributed by atoms with Crippen LogP contribution in [-0.2, 0) is 20.7 Å². The fraction of sp³-hybridized carbons (Fsp3) is 0.500. The lowest BCUT2D eigenvalue weighted by atomic mass is 9.93. The van der Waals surface area contributed by atoms with Crippen LogP contribution in [0.3, 0.4) is 0 Å². The van der Waals surface area contributed by atoms with Crippen LogP contribution in [0.4, 0.5) is 17.6 Å². The number of aromatic nitrogens is 4. The van der Waals surface area contributed by atoms with Crippen molar-refractivity contribution in [2.24, 2.45) is 0 Å². The van der Waals surface area contributed by atoms with Gasteiger partial charge in [0.2, 0.25) is 5.95 Å². The zero-order chi connectivity index (χ0) is 20.4. The number of nitrogens with zero attached hydrogens (tertiary/aromatic N) is 5. The van der Waals surface area contributed by atoms with Crippen molar-refractivity contribution in [2.75, 3.05) is 48.3 Å². The van der Waals surface area contributed by atoms with E-state index in [1.54, 1.807) is 0 Å². The van der Waals surface area contributed by atoms with Gasteiger partial charge in [-0.3, -0.25) is 14.7 Å². The first-order chi connectivity index (χ1) is 14.0. The fourth-order valence-corrected chi connectivity index (χ4v) is 3.76. The number of carbonyl (C=O) groups excluding carboxylic acids is 1. The molecule has 0 amide bonds. The number of carboxylic acid groups (broad SMARTS) is 1. The third-order valence-electron chi connectivity index (χ3n) is 5.21. The monoisotopic (exact) mass is 401 g/mol. The molecule has 2 aromatic rings. The number of cyclic esters (lactones) is 1. The molecule has 4 heterocycles. The lowest BCUT2D eigenvalue weighted by Crippen LogP contribution is -2.40. The van der Waals surface area contributed by atoms with Crippen molar-refractivity contribution in [1.29, 1.82) is 0 Å². The maximum absolute atomic E-state index is 11.6. The molecule has 154 valence electrons. The molecular formula is C18H23N7O4. The highest BCUT2D eigenvalue weighted by atomic mass is 16.5. The minimum Gasteiger partial charge on any atom is -0.481 e. The maximum atomic E-state index is 11.6. The van der Waals surface area contributed by atoms with E-state index in [1.807, 2.05) is 17.0 Å². The number of H-pyrrole nitrogens is 1. The summed E-state index contributed by atoms with van der Waals surface area (Å²) in [5.74, 6) is 0.631. The van der Waals surface area contributed by atoms with E-state index in [1.165, 1.54) is 0 Å². The number of esters is 1. The molecule has 2 aromatic heterocycles. The van der Waals surface area contributed by atoms with Crippen molar-refractivity contribution in [3.8, 4) is 0 Å². The van der Waals surface area contributed by atoms with Crippen molar-refractivity contribution in [2.45, 2.75) is 25.2 Å². The number of aliphatic carboxylic acids is 1. The third kappa shape index (κ3) is 4.39. The summed E-state index contributed by atoms with van der Waals surface area (Å²) in [6.07, 6.45) is 1.68. The number of anilines is 3. The number of nitrogens with two attached hydrogens (primary N) is 1. The second kappa shape index (κ2) is 7.94. The van der Waals surface area contributed by atoms with Crippen LogP contribution in [0.25, 0.3) is 0 Å². The van der Waals surface area contributed by atoms with E-state index >= 15 is 0 Å². The Morgan fingerprint density at radius 2 is 1.93 bits per heavy atom. The summed E-state index contributed by atoms with van der Waals surface area (Å²) in [5.41, 5.74) is 7.43. The van der Waals surface area contributed by atoms with E-state index in [2.05, 4.69) is 25.1 Å². The smallest absolute Gasteiger partial charge is 0.325 e. The SMILES string of the molecule is Nc1nc(N2CCC(c3cc(CC(=O)O)[nH]n3)CC2)cc(N2CCOC(=O)C2)n1. The number of piperidine rings is 1. The lowest BCUT2D eigenvalue weighted by Gasteiger charge is -2.33. The van der Waals surface area contributed by atoms with Crippen molar-refractivity contribution in [3.05, 3.63) is 23.5 Å². The van der Waals surface area contributed by atoms with Gasteiger partial charge in [0.15, 0.2) is 0 Å². The Bertz CT molecular complexity index is 907. The van der Waals surface area contributed by atoms with Crippen molar-refractivity contribution < 1.29 is 19.4 Å². The summed E-state index contributed by atoms with van der Waals surface area (Å²) in [4.78, 5) is 35.0. The molecule has 0 atom stereocenters. The predicted octanol–water partition coefficient (Wildman–Crippen LogP) is 0.156. The van der Waals surface area contributed by atoms with E-state index in [9.17, 15) is 9.59 Å². The largest absolute Gasteiger partial charge is 0.481 e. The molecule has 4 rings (SSSR count). The van der Waals surface area contributed by atoms with Crippen LogP contribution in [0.15, 0.2) is 12.1 Å². The molecule has 0 aromatic carbocycles. The summed E-state index contributed by atoms with van der Waals surface area (Å²) in [7, 11) is 0. The van der Waals surface area contributed by atoms with Crippen LogP contribution in [0.5, 0.6) is 0 Å². The second-order valence-corrected chi connectivity index (χ2v) is 7.23. The van der Waals surface area contributed by atoms with Gasteiger partial charge in [0, 0.05) is 30.8 Å². The molecule has 0 radical (unpaired) electrons. The first-order valence-electron chi connectivity index (χ1n) is 9.54. The highest BCUT2D eigenvalue weighted by Gasteiger charge is 2.26. The van der Waals surface area contributed by atoms with Crippen LogP contribution in [0.1, 0.15) is 30.1 Å². The van der Waals surface area contributed by atoms with Gasteiger partial charge in [-0.25, -0.2) is 0 Å². The van der Waals surface area contributed by atoms with Crippen LogP contribution >= 0.6 is 0 Å². The number of rotatable bonds is 5. The van der Waals surface area contributed by atoms with Crippen LogP contribution in [-0.4, -0.2) is 70.0 Å². The van der Waals surface area contributed by atoms with Gasteiger partial charge in [0.25, 0.3) is 0 Å². The lowest BCUT2D eigenvalue weighted by molar-refractivity contribution is -0.143. The molecule has 2 aliphatic heterocycles. The number of aromatic amines is 1. The van der Waals surface area contributed by atoms with Crippen LogP contribution in [0.2, 0.25) is 0 Å². The minimum atomic E-state index is -0.880. The molecule has 0 unspecified atom stereocenters. The standard InChI is InChI=1S/C18H23N7O4/c19-18-20-14(9-15(21-18)25-5-6-29-17(28)10-25)24-3-1-11(2-4-24)13-7-12(22-23-13)8-16(26)27/h7,9,11H,1-6,8,10H2,(H,22,23)(H,26,27)(H2,19,20,21). The molecule has 2 fully saturated rings. The topological polar surface area (TPSA) is 151 Å². The van der Waals surface area contributed by atoms with E-state index in [-0.39, 0.29) is 30.8 Å². The zero-order valence-corrected chi connectivity index (χ0v) is 15.9. The molecular weight excluding hydrogens is 378 g/mol. The van der Waals surface area contributed by atoms with Gasteiger partial charge in [0.1, 0.15) is 24.8 Å². The number of morpholine rings is 1. The van der Waals surface area contributed by atoms with Gasteiger partial charge in [-0.15, -0.1) is 0 Å². The average Bonchev–Trinajstić information content (AvgIpc) is 3.15. The summed E-state index contributed by atoms with van der Waals surface area (Å²) in [5, 5.41) is 16.0. The first kappa shape index (κ1) is 19.0. The number of hydrogen-bond acceptors (Lipinski definition) is 9. The molecule has 2 saturated heterocycles. The number of nitrogen functional groups attached to an aromatic ring is 1. The highest BCUT2D eigenvalue weighted by molar-refractivity contribution is 5.77. The van der Waals surface area contributed by atoms with Gasteiger partial charge in [-0.05, 0) is 18.9 Å². The molecule has 0 aliphatic carbocycles. The summed E-state index contributed by atoms with van der Waals surface area (Å²) in [6.45, 7) is 2.59. The molecule has 11 nitrogen and oxygen atoms in total. The van der Waals surface area contributed by atoms with E-state index in [0.29, 0.717) is 24.7 Å². The molecule has 29 heavy (non-hydrogen) atoms. The Labute approximate surface area is 166 Å². The Morgan fingerprint density at radius 3 is 2.62 bits per heavy atom. The Morgan fingerprint density at radius 1 is 1.21 bits per heavy atom. The summed E-state index contributed by atoms with van der Waals surface area (Å²) >= 11 is 0. The van der Waals surface area contributed by atoms with Crippen LogP contribution in [0, 0.1) is 0 Å². The number of carboxylic acids is 1. The number of hydrogen-bond donors (Lipinski definition) is 3. The molecule has 0 saturated carbocycles. The van der Waals surface area contributed by atoms with E-state index in [4.69, 9.17) is 15.6 Å². The van der Waals surface area contributed by atoms with Gasteiger partial charge in [-0.2, -0.15) is 15.1 Å². The quantitative estimate of drug-likeness (QED) is 0.591. The molecule has 0 spiro atoms. The third-order valence-corrected chi connectivity index (χ3v) is 5.21. The Hall–Kier alpha value is -3.37. The molecule has 0 bridgehead atoms. The normalized spacial score (nSPS) is 18.0. The molecule has 11 heteroatoms. The molecule has 4 N–H and O–H groups in total. The van der Waals surface area contributed by atoms with E-state index in [0.717, 1.165) is 37.4 Å². The second-order valence-electron chi connectivity index (χ2n) is 7.23. The average molecular weight is 401 g/mol. The predicted molar refractivity (Wildman–Crippen MR) is 104 cm³/mol. The molecule has 2 aliphatic rings. The van der Waals surface area contributed by atoms with Crippen molar-refractivity contribution in [1.82, 2.24) is 20.2 Å². The van der Waals surface area contributed by atoms with Crippen molar-refractivity contribution in [3.63, 3.8) is 0 Å². The van der Waals surface area contributed by atoms with Gasteiger partial charge in [0.05, 0.1) is 18.7 Å². The van der Waals surface area contributed by atoms with Crippen LogP contribution < -0.4 is 15.5 Å².